The number of azide groups is 1. The van der Waals surface area contributed by atoms with Crippen molar-refractivity contribution in [2.75, 3.05) is 12.0 Å². The van der Waals surface area contributed by atoms with E-state index in [1.165, 1.54) is 12.3 Å². The normalized spacial score (nSPS) is 24.5. The molecule has 2 heterocycles. The lowest BCUT2D eigenvalue weighted by Crippen LogP contribution is -2.30. The zero-order chi connectivity index (χ0) is 24.9. The molecule has 24 heteroatoms. The second kappa shape index (κ2) is 11.1. The van der Waals surface area contributed by atoms with Gasteiger partial charge < -0.3 is 24.3 Å². The van der Waals surface area contributed by atoms with Crippen LogP contribution in [0.3, 0.4) is 0 Å². The van der Waals surface area contributed by atoms with E-state index in [4.69, 9.17) is 35.7 Å². The van der Waals surface area contributed by atoms with E-state index < -0.39 is 54.2 Å². The molecule has 5 atom stereocenters. The highest BCUT2D eigenvalue weighted by atomic mass is 31.3. The summed E-state index contributed by atoms with van der Waals surface area (Å²) in [6.07, 6.45) is -2.41. The summed E-state index contributed by atoms with van der Waals surface area (Å²) in [6, 6.07) is 1.26. The van der Waals surface area contributed by atoms with Crippen molar-refractivity contribution in [3.05, 3.63) is 33.2 Å². The van der Waals surface area contributed by atoms with Crippen molar-refractivity contribution >= 4 is 29.3 Å². The number of phosphoric ester groups is 1. The highest BCUT2D eigenvalue weighted by Gasteiger charge is 2.44. The van der Waals surface area contributed by atoms with Crippen LogP contribution in [0.2, 0.25) is 0 Å². The number of ether oxygens (including phenoxy) is 1. The van der Waals surface area contributed by atoms with Crippen LogP contribution in [0.4, 0.5) is 5.82 Å². The summed E-state index contributed by atoms with van der Waals surface area (Å²) in [4.78, 5) is 62.7. The lowest BCUT2D eigenvalue weighted by molar-refractivity contribution is -0.335. The maximum Gasteiger partial charge on any atom is 0.490 e. The number of aromatic nitrogens is 2. The van der Waals surface area contributed by atoms with E-state index >= 15 is 0 Å². The van der Waals surface area contributed by atoms with E-state index in [9.17, 15) is 23.4 Å². The van der Waals surface area contributed by atoms with E-state index in [1.807, 2.05) is 0 Å². The van der Waals surface area contributed by atoms with Crippen molar-refractivity contribution in [3.63, 3.8) is 0 Å². The maximum atomic E-state index is 12.2. The Labute approximate surface area is 181 Å². The van der Waals surface area contributed by atoms with E-state index in [-0.39, 0.29) is 12.2 Å². The maximum absolute atomic E-state index is 12.2. The second-order valence-electron chi connectivity index (χ2n) is 5.79. The molecule has 0 saturated carbocycles. The molecule has 1 saturated heterocycles. The largest absolute Gasteiger partial charge is 0.490 e. The molecule has 0 aromatic carbocycles. The van der Waals surface area contributed by atoms with Crippen LogP contribution in [0, 0.1) is 0 Å². The molecule has 0 radical (unpaired) electrons. The fourth-order valence-corrected chi connectivity index (χ4v) is 5.46. The van der Waals surface area contributed by atoms with Gasteiger partial charge in [-0.25, -0.2) is 28.8 Å². The highest BCUT2D eigenvalue weighted by molar-refractivity contribution is 7.66. The third-order valence-electron chi connectivity index (χ3n) is 3.53. The Bertz CT molecular complexity index is 1090. The summed E-state index contributed by atoms with van der Waals surface area (Å²) in [7, 11) is -16.7. The summed E-state index contributed by atoms with van der Waals surface area (Å²) in [5.74, 6) is 4.76. The molecule has 1 aromatic heterocycles. The first kappa shape index (κ1) is 27.5. The molecule has 21 nitrogen and oxygen atoms in total. The molecule has 7 N–H and O–H groups in total. The molecule has 1 aliphatic rings. The smallest absolute Gasteiger partial charge is 0.349 e. The van der Waals surface area contributed by atoms with Crippen molar-refractivity contribution in [2.24, 2.45) is 11.1 Å². The molecule has 1 fully saturated rings. The lowest BCUT2D eigenvalue weighted by atomic mass is 10.2. The number of rotatable bonds is 12. The molecular weight excluding hydrogens is 523 g/mol. The van der Waals surface area contributed by atoms with Gasteiger partial charge in [0.1, 0.15) is 18.4 Å². The third kappa shape index (κ3) is 8.84. The van der Waals surface area contributed by atoms with Gasteiger partial charge in [0.15, 0.2) is 0 Å². The second-order valence-corrected chi connectivity index (χ2v) is 10.2. The Morgan fingerprint density at radius 2 is 2.00 bits per heavy atom. The van der Waals surface area contributed by atoms with Gasteiger partial charge in [0.25, 0.3) is 0 Å². The number of nitrogens with zero attached hydrogens (tertiary/aromatic N) is 5. The molecule has 33 heavy (non-hydrogen) atoms. The molecule has 1 aromatic rings. The lowest BCUT2D eigenvalue weighted by Gasteiger charge is -2.20. The van der Waals surface area contributed by atoms with E-state index in [2.05, 4.69) is 38.7 Å². The van der Waals surface area contributed by atoms with Crippen LogP contribution in [0.25, 0.3) is 10.4 Å². The van der Waals surface area contributed by atoms with Crippen LogP contribution in [-0.4, -0.2) is 47.9 Å². The van der Waals surface area contributed by atoms with Crippen LogP contribution in [0.1, 0.15) is 12.6 Å². The summed E-state index contributed by atoms with van der Waals surface area (Å²) in [5.41, 5.74) is 9.54. The summed E-state index contributed by atoms with van der Waals surface area (Å²) in [6.45, 7) is -0.882. The number of hydrogen-bond acceptors (Lipinski definition) is 13. The minimum atomic E-state index is -5.71. The first-order valence-electron chi connectivity index (χ1n) is 8.10. The Kier molecular flexibility index (Phi) is 9.25. The number of hydrogen-bond donors (Lipinski definition) is 6. The molecular formula is C9H16N7O14P3. The minimum absolute atomic E-state index is 0.0747. The van der Waals surface area contributed by atoms with Crippen LogP contribution in [0.15, 0.2) is 22.3 Å². The van der Waals surface area contributed by atoms with E-state index in [0.29, 0.717) is 0 Å². The average Bonchev–Trinajstić information content (AvgIpc) is 3.05. The van der Waals surface area contributed by atoms with E-state index in [0.717, 1.165) is 4.57 Å². The molecule has 0 amide bonds. The molecule has 1 aliphatic heterocycles. The minimum Gasteiger partial charge on any atom is -0.349 e. The summed E-state index contributed by atoms with van der Waals surface area (Å²) in [5, 5.41) is 3.02. The van der Waals surface area contributed by atoms with Gasteiger partial charge in [-0.1, -0.05) is 0 Å². The van der Waals surface area contributed by atoms with E-state index in [1.54, 1.807) is 0 Å². The Morgan fingerprint density at radius 1 is 1.30 bits per heavy atom. The first-order valence-corrected chi connectivity index (χ1v) is 12.6. The quantitative estimate of drug-likeness (QED) is 0.0496. The Morgan fingerprint density at radius 3 is 2.58 bits per heavy atom. The monoisotopic (exact) mass is 539 g/mol. The number of phosphoric acid groups is 3. The van der Waals surface area contributed by atoms with Crippen molar-refractivity contribution < 1.29 is 61.0 Å². The van der Waals surface area contributed by atoms with Gasteiger partial charge in [-0.2, -0.15) is 24.4 Å². The van der Waals surface area contributed by atoms with Gasteiger partial charge in [0.2, 0.25) is 5.82 Å². The topological polar surface area (TPSA) is 309 Å². The zero-order valence-corrected chi connectivity index (χ0v) is 18.5. The Balaban J connectivity index is 2.08. The highest BCUT2D eigenvalue weighted by Crippen LogP contribution is 2.66. The Hall–Kier alpha value is -1.76. The zero-order valence-electron chi connectivity index (χ0n) is 15.8. The standard InChI is InChI=1S/C9H16N7O14P3/c10-14-15-13-7-1-2-16(9(17)12-7)8-3-5(27-28-11)6(26-8)4-25-32(21,22)30-33(23,24)29-31(18,19)20/h1-2,5-6,8H,3-4,11H2,(H,21,22)(H,23,24)(H,12,13,17)(H2,18,19,20)/t5-,6+,8+/m0/s1. The van der Waals surface area contributed by atoms with Gasteiger partial charge in [-0.15, -0.1) is 10.5 Å². The molecule has 0 aliphatic carbocycles. The van der Waals surface area contributed by atoms with Crippen molar-refractivity contribution in [2.45, 2.75) is 24.9 Å². The van der Waals surface area contributed by atoms with Crippen LogP contribution >= 0.6 is 23.5 Å². The molecule has 2 unspecified atom stereocenters. The first-order chi connectivity index (χ1) is 15.3. The summed E-state index contributed by atoms with van der Waals surface area (Å²) < 4.78 is 52.0. The van der Waals surface area contributed by atoms with Crippen molar-refractivity contribution in [1.82, 2.24) is 9.55 Å². The van der Waals surface area contributed by atoms with Gasteiger partial charge in [0, 0.05) is 18.7 Å². The molecule has 0 spiro atoms. The number of nitrogens with two attached hydrogens (primary N) is 1. The summed E-state index contributed by atoms with van der Waals surface area (Å²) >= 11 is 0. The van der Waals surface area contributed by atoms with Crippen molar-refractivity contribution in [1.29, 1.82) is 0 Å². The van der Waals surface area contributed by atoms with Crippen molar-refractivity contribution in [3.8, 4) is 0 Å². The fraction of sp³-hybridized carbons (Fsp3) is 0.556. The van der Waals surface area contributed by atoms with Gasteiger partial charge in [-0.05, 0) is 5.22 Å². The average molecular weight is 539 g/mol. The SMILES string of the molecule is [N-]=[N+]=NNc1ccn([C@H]2C[C@H](OON)[C@@H](COP(=O)(O)OP(=O)(O)OP(=O)(O)O)O2)c(=O)n1. The van der Waals surface area contributed by atoms with Crippen LogP contribution in [-0.2, 0) is 41.5 Å². The third-order valence-corrected chi connectivity index (χ3v) is 7.33. The van der Waals surface area contributed by atoms with Gasteiger partial charge in [-0.3, -0.25) is 9.09 Å². The fourth-order valence-electron chi connectivity index (χ4n) is 2.43. The number of nitrogens with one attached hydrogen (secondary N) is 1. The van der Waals surface area contributed by atoms with Gasteiger partial charge in [0.05, 0.1) is 6.61 Å². The number of anilines is 1. The molecule has 0 bridgehead atoms. The molecule has 186 valence electrons. The predicted molar refractivity (Wildman–Crippen MR) is 99.8 cm³/mol. The van der Waals surface area contributed by atoms with Crippen LogP contribution < -0.4 is 17.0 Å². The predicted octanol–water partition coefficient (Wildman–Crippen LogP) is -0.298. The van der Waals surface area contributed by atoms with Gasteiger partial charge >= 0.3 is 29.2 Å². The molecule has 2 rings (SSSR count). The van der Waals surface area contributed by atoms with Crippen LogP contribution in [0.5, 0.6) is 0 Å².